The van der Waals surface area contributed by atoms with Gasteiger partial charge in [-0.3, -0.25) is 4.99 Å². The van der Waals surface area contributed by atoms with E-state index in [1.165, 1.54) is 0 Å². The fourth-order valence-electron chi connectivity index (χ4n) is 2.89. The molecule has 2 heterocycles. The molecule has 3 rings (SSSR count). The highest BCUT2D eigenvalue weighted by Crippen LogP contribution is 2.33. The Labute approximate surface area is 171 Å². The largest absolute Gasteiger partial charge is 0.486 e. The van der Waals surface area contributed by atoms with E-state index in [-0.39, 0.29) is 5.92 Å². The van der Waals surface area contributed by atoms with E-state index >= 15 is 0 Å². The summed E-state index contributed by atoms with van der Waals surface area (Å²) in [6, 6.07) is 5.89. The lowest BCUT2D eigenvalue weighted by Gasteiger charge is -2.20. The van der Waals surface area contributed by atoms with Crippen LogP contribution in [-0.2, 0) is 0 Å². The van der Waals surface area contributed by atoms with Gasteiger partial charge in [-0.1, -0.05) is 19.1 Å². The summed E-state index contributed by atoms with van der Waals surface area (Å²) >= 11 is 1.68. The number of allylic oxidation sites excluding steroid dienone is 3. The molecule has 148 valence electrons. The summed E-state index contributed by atoms with van der Waals surface area (Å²) < 4.78 is 11.3. The Morgan fingerprint density at radius 3 is 2.96 bits per heavy atom. The quantitative estimate of drug-likeness (QED) is 0.492. The van der Waals surface area contributed by atoms with Crippen molar-refractivity contribution in [3.63, 3.8) is 0 Å². The molecule has 0 fully saturated rings. The van der Waals surface area contributed by atoms with Gasteiger partial charge in [0.1, 0.15) is 19.0 Å². The van der Waals surface area contributed by atoms with Crippen LogP contribution in [0.25, 0.3) is 0 Å². The van der Waals surface area contributed by atoms with Crippen LogP contribution in [0.5, 0.6) is 11.5 Å². The van der Waals surface area contributed by atoms with Crippen molar-refractivity contribution in [1.82, 2.24) is 0 Å². The van der Waals surface area contributed by atoms with E-state index in [0.717, 1.165) is 48.1 Å². The summed E-state index contributed by atoms with van der Waals surface area (Å²) in [5, 5.41) is 7.65. The SMILES string of the molecule is C/C=C\N=C(Nc1ccc2c(c1)OCCO2)C1CN=C(/C=C/SC=CCC)C1. The molecule has 6 heteroatoms. The van der Waals surface area contributed by atoms with Gasteiger partial charge in [-0.2, -0.15) is 0 Å². The van der Waals surface area contributed by atoms with Crippen LogP contribution in [0.2, 0.25) is 0 Å². The Balaban J connectivity index is 1.64. The number of nitrogens with zero attached hydrogens (tertiary/aromatic N) is 2. The van der Waals surface area contributed by atoms with Gasteiger partial charge in [-0.05, 0) is 42.4 Å². The van der Waals surface area contributed by atoms with Crippen molar-refractivity contribution in [1.29, 1.82) is 0 Å². The monoisotopic (exact) mass is 397 g/mol. The summed E-state index contributed by atoms with van der Waals surface area (Å²) in [5.74, 6) is 2.71. The number of thioether (sulfide) groups is 1. The maximum atomic E-state index is 5.68. The Hall–Kier alpha value is -2.47. The maximum absolute atomic E-state index is 5.68. The first kappa shape index (κ1) is 20.3. The molecule has 5 nitrogen and oxygen atoms in total. The number of amidine groups is 1. The van der Waals surface area contributed by atoms with Crippen molar-refractivity contribution in [3.8, 4) is 11.5 Å². The van der Waals surface area contributed by atoms with Crippen LogP contribution in [0.1, 0.15) is 26.7 Å². The van der Waals surface area contributed by atoms with Crippen molar-refractivity contribution in [2.45, 2.75) is 26.7 Å². The van der Waals surface area contributed by atoms with Gasteiger partial charge >= 0.3 is 0 Å². The smallest absolute Gasteiger partial charge is 0.163 e. The predicted octanol–water partition coefficient (Wildman–Crippen LogP) is 5.43. The summed E-state index contributed by atoms with van der Waals surface area (Å²) in [7, 11) is 0. The van der Waals surface area contributed by atoms with Gasteiger partial charge in [-0.25, -0.2) is 4.99 Å². The molecule has 2 aliphatic heterocycles. The minimum absolute atomic E-state index is 0.236. The molecule has 0 spiro atoms. The topological polar surface area (TPSA) is 55.2 Å². The van der Waals surface area contributed by atoms with Gasteiger partial charge in [0.2, 0.25) is 0 Å². The third kappa shape index (κ3) is 5.76. The average Bonchev–Trinajstić information content (AvgIpc) is 3.19. The molecule has 0 radical (unpaired) electrons. The number of fused-ring (bicyclic) bond motifs is 1. The van der Waals surface area contributed by atoms with E-state index in [2.05, 4.69) is 45.2 Å². The standard InChI is InChI=1S/C22H27N3O2S/c1-3-5-12-28-13-8-18-14-17(16-24-18)22(23-9-4-2)25-19-6-7-20-21(15-19)27-11-10-26-20/h4-9,12-13,15,17H,3,10-11,14,16H2,1-2H3,(H,23,25)/b9-4-,12-5?,13-8+. The summed E-state index contributed by atoms with van der Waals surface area (Å²) in [5.41, 5.74) is 2.05. The zero-order chi connectivity index (χ0) is 19.6. The molecule has 0 bridgehead atoms. The zero-order valence-electron chi connectivity index (χ0n) is 16.4. The number of benzene rings is 1. The second kappa shape index (κ2) is 10.8. The van der Waals surface area contributed by atoms with E-state index in [1.807, 2.05) is 37.4 Å². The van der Waals surface area contributed by atoms with E-state index < -0.39 is 0 Å². The van der Waals surface area contributed by atoms with E-state index in [1.54, 1.807) is 11.8 Å². The Morgan fingerprint density at radius 2 is 2.14 bits per heavy atom. The average molecular weight is 398 g/mol. The van der Waals surface area contributed by atoms with Crippen LogP contribution >= 0.6 is 11.8 Å². The number of anilines is 1. The van der Waals surface area contributed by atoms with Crippen LogP contribution in [0.3, 0.4) is 0 Å². The minimum atomic E-state index is 0.236. The highest BCUT2D eigenvalue weighted by atomic mass is 32.2. The number of rotatable bonds is 7. The summed E-state index contributed by atoms with van der Waals surface area (Å²) in [6.45, 7) is 6.00. The van der Waals surface area contributed by atoms with Gasteiger partial charge < -0.3 is 14.8 Å². The molecular weight excluding hydrogens is 370 g/mol. The Bertz CT molecular complexity index is 812. The van der Waals surface area contributed by atoms with Crippen molar-refractivity contribution in [2.75, 3.05) is 25.1 Å². The highest BCUT2D eigenvalue weighted by molar-refractivity contribution is 8.04. The molecular formula is C22H27N3O2S. The molecule has 0 aliphatic carbocycles. The predicted molar refractivity (Wildman–Crippen MR) is 120 cm³/mol. The lowest BCUT2D eigenvalue weighted by Crippen LogP contribution is -2.24. The number of hydrogen-bond acceptors (Lipinski definition) is 5. The molecule has 2 aliphatic rings. The minimum Gasteiger partial charge on any atom is -0.486 e. The van der Waals surface area contributed by atoms with Gasteiger partial charge in [0.15, 0.2) is 11.5 Å². The van der Waals surface area contributed by atoms with Gasteiger partial charge in [0.05, 0.1) is 0 Å². The molecule has 0 saturated heterocycles. The molecule has 28 heavy (non-hydrogen) atoms. The zero-order valence-corrected chi connectivity index (χ0v) is 17.2. The third-order valence-electron chi connectivity index (χ3n) is 4.28. The van der Waals surface area contributed by atoms with Crippen LogP contribution < -0.4 is 14.8 Å². The fourth-order valence-corrected chi connectivity index (χ4v) is 3.52. The maximum Gasteiger partial charge on any atom is 0.163 e. The highest BCUT2D eigenvalue weighted by Gasteiger charge is 2.23. The molecule has 1 unspecified atom stereocenters. The Kier molecular flexibility index (Phi) is 7.79. The number of nitrogens with one attached hydrogen (secondary N) is 1. The fraction of sp³-hybridized carbons (Fsp3) is 0.364. The number of hydrogen-bond donors (Lipinski definition) is 1. The molecule has 1 N–H and O–H groups in total. The van der Waals surface area contributed by atoms with E-state index in [4.69, 9.17) is 9.47 Å². The molecule has 0 saturated carbocycles. The lowest BCUT2D eigenvalue weighted by atomic mass is 10.0. The van der Waals surface area contributed by atoms with Gasteiger partial charge in [0.25, 0.3) is 0 Å². The van der Waals surface area contributed by atoms with Gasteiger partial charge in [-0.15, -0.1) is 11.8 Å². The first-order chi connectivity index (χ1) is 13.8. The normalized spacial score (nSPS) is 19.7. The Morgan fingerprint density at radius 1 is 1.29 bits per heavy atom. The number of ether oxygens (including phenoxy) is 2. The van der Waals surface area contributed by atoms with Crippen LogP contribution in [0, 0.1) is 5.92 Å². The summed E-state index contributed by atoms with van der Waals surface area (Å²) in [4.78, 5) is 9.30. The molecule has 1 aromatic rings. The van der Waals surface area contributed by atoms with E-state index in [9.17, 15) is 0 Å². The van der Waals surface area contributed by atoms with Crippen LogP contribution in [0.4, 0.5) is 5.69 Å². The van der Waals surface area contributed by atoms with Crippen molar-refractivity contribution in [3.05, 3.63) is 53.4 Å². The van der Waals surface area contributed by atoms with Crippen molar-refractivity contribution < 1.29 is 9.47 Å². The van der Waals surface area contributed by atoms with Gasteiger partial charge in [0, 0.05) is 42.5 Å². The molecule has 0 aromatic heterocycles. The molecule has 0 amide bonds. The second-order valence-corrected chi connectivity index (χ2v) is 7.25. The summed E-state index contributed by atoms with van der Waals surface area (Å²) in [6.07, 6.45) is 9.93. The first-order valence-corrected chi connectivity index (χ1v) is 10.6. The molecule has 1 atom stereocenters. The van der Waals surface area contributed by atoms with Crippen molar-refractivity contribution in [2.24, 2.45) is 15.9 Å². The van der Waals surface area contributed by atoms with E-state index in [0.29, 0.717) is 13.2 Å². The number of aliphatic imine (C=N–C) groups is 2. The first-order valence-electron chi connectivity index (χ1n) is 9.66. The third-order valence-corrected chi connectivity index (χ3v) is 4.93. The second-order valence-electron chi connectivity index (χ2n) is 6.43. The molecule has 1 aromatic carbocycles. The lowest BCUT2D eigenvalue weighted by molar-refractivity contribution is 0.171. The van der Waals surface area contributed by atoms with Crippen molar-refractivity contribution >= 4 is 29.0 Å². The van der Waals surface area contributed by atoms with Crippen LogP contribution in [0.15, 0.2) is 63.4 Å². The van der Waals surface area contributed by atoms with Crippen LogP contribution in [-0.4, -0.2) is 31.3 Å².